The summed E-state index contributed by atoms with van der Waals surface area (Å²) in [6.45, 7) is 3.42. The van der Waals surface area contributed by atoms with Gasteiger partial charge in [0.25, 0.3) is 0 Å². The fourth-order valence-corrected chi connectivity index (χ4v) is 1.95. The van der Waals surface area contributed by atoms with E-state index >= 15 is 0 Å². The second-order valence-electron chi connectivity index (χ2n) is 3.88. The molecule has 0 atom stereocenters. The van der Waals surface area contributed by atoms with Crippen LogP contribution < -0.4 is 10.1 Å². The highest BCUT2D eigenvalue weighted by Gasteiger charge is 2.18. The van der Waals surface area contributed by atoms with Crippen LogP contribution >= 0.6 is 0 Å². The third-order valence-electron chi connectivity index (χ3n) is 2.75. The van der Waals surface area contributed by atoms with Crippen LogP contribution in [0.5, 0.6) is 5.75 Å². The van der Waals surface area contributed by atoms with E-state index in [2.05, 4.69) is 27.4 Å². The second-order valence-corrected chi connectivity index (χ2v) is 3.88. The van der Waals surface area contributed by atoms with Gasteiger partial charge in [-0.15, -0.1) is 0 Å². The Morgan fingerprint density at radius 1 is 1.35 bits per heavy atom. The second kappa shape index (κ2) is 4.05. The molecule has 1 aliphatic rings. The molecule has 0 amide bonds. The molecule has 0 unspecified atom stereocenters. The summed E-state index contributed by atoms with van der Waals surface area (Å²) in [7, 11) is 0. The molecule has 1 aromatic carbocycles. The van der Waals surface area contributed by atoms with E-state index in [1.54, 1.807) is 6.20 Å². The first-order valence-corrected chi connectivity index (χ1v) is 5.70. The van der Waals surface area contributed by atoms with Crippen molar-refractivity contribution in [1.82, 2.24) is 9.97 Å². The molecule has 0 saturated carbocycles. The van der Waals surface area contributed by atoms with Crippen molar-refractivity contribution in [1.29, 1.82) is 0 Å². The summed E-state index contributed by atoms with van der Waals surface area (Å²) in [5.74, 6) is 1.40. The van der Waals surface area contributed by atoms with E-state index in [1.165, 1.54) is 5.56 Å². The highest BCUT2D eigenvalue weighted by Crippen LogP contribution is 2.35. The van der Waals surface area contributed by atoms with Gasteiger partial charge < -0.3 is 10.1 Å². The molecular weight excluding hydrogens is 214 g/mol. The molecule has 0 saturated heterocycles. The molecule has 0 fully saturated rings. The Hall–Kier alpha value is -2.10. The van der Waals surface area contributed by atoms with Gasteiger partial charge in [0, 0.05) is 12.1 Å². The molecule has 2 heterocycles. The molecule has 0 spiro atoms. The van der Waals surface area contributed by atoms with Gasteiger partial charge in [0.2, 0.25) is 5.95 Å². The van der Waals surface area contributed by atoms with Gasteiger partial charge in [0.1, 0.15) is 12.3 Å². The van der Waals surface area contributed by atoms with Crippen molar-refractivity contribution in [3.05, 3.63) is 36.0 Å². The average molecular weight is 227 g/mol. The zero-order valence-corrected chi connectivity index (χ0v) is 9.60. The maximum Gasteiger partial charge on any atom is 0.223 e. The lowest BCUT2D eigenvalue weighted by molar-refractivity contribution is 0.299. The normalized spacial score (nSPS) is 12.3. The molecule has 1 aromatic heterocycles. The van der Waals surface area contributed by atoms with Gasteiger partial charge in [-0.3, -0.25) is 0 Å². The van der Waals surface area contributed by atoms with Crippen LogP contribution in [0.4, 0.5) is 5.95 Å². The van der Waals surface area contributed by atoms with Gasteiger partial charge in [-0.05, 0) is 12.5 Å². The number of hydrogen-bond acceptors (Lipinski definition) is 4. The number of fused-ring (bicyclic) bond motifs is 3. The van der Waals surface area contributed by atoms with Crippen LogP contribution in [-0.4, -0.2) is 16.5 Å². The molecular formula is C13H13N3O. The highest BCUT2D eigenvalue weighted by atomic mass is 16.5. The minimum atomic E-state index is 0.590. The highest BCUT2D eigenvalue weighted by molar-refractivity contribution is 5.71. The van der Waals surface area contributed by atoms with Crippen molar-refractivity contribution in [3.8, 4) is 17.0 Å². The number of nitrogens with zero attached hydrogens (tertiary/aromatic N) is 2. The number of aromatic nitrogens is 2. The number of anilines is 1. The lowest BCUT2D eigenvalue weighted by Gasteiger charge is -2.19. The SMILES string of the molecule is CCNc1ncc2c(n1)-c1ccccc1CO2. The van der Waals surface area contributed by atoms with Gasteiger partial charge in [0.15, 0.2) is 5.75 Å². The predicted octanol–water partition coefficient (Wildman–Crippen LogP) is 2.47. The quantitative estimate of drug-likeness (QED) is 0.856. The van der Waals surface area contributed by atoms with E-state index in [4.69, 9.17) is 4.74 Å². The summed E-state index contributed by atoms with van der Waals surface area (Å²) >= 11 is 0. The largest absolute Gasteiger partial charge is 0.485 e. The summed E-state index contributed by atoms with van der Waals surface area (Å²) in [5.41, 5.74) is 3.18. The van der Waals surface area contributed by atoms with E-state index in [0.717, 1.165) is 23.6 Å². The smallest absolute Gasteiger partial charge is 0.223 e. The van der Waals surface area contributed by atoms with Crippen LogP contribution in [0.1, 0.15) is 12.5 Å². The Bertz CT molecular complexity index is 554. The van der Waals surface area contributed by atoms with Crippen LogP contribution in [0.15, 0.2) is 30.5 Å². The van der Waals surface area contributed by atoms with Crippen LogP contribution in [0, 0.1) is 0 Å². The summed E-state index contributed by atoms with van der Waals surface area (Å²) in [4.78, 5) is 8.70. The standard InChI is InChI=1S/C13H13N3O/c1-2-14-13-15-7-11-12(16-13)10-6-4-3-5-9(10)8-17-11/h3-7H,2,8H2,1H3,(H,14,15,16). The van der Waals surface area contributed by atoms with Crippen molar-refractivity contribution in [3.63, 3.8) is 0 Å². The minimum absolute atomic E-state index is 0.590. The lowest BCUT2D eigenvalue weighted by Crippen LogP contribution is -2.09. The van der Waals surface area contributed by atoms with Gasteiger partial charge >= 0.3 is 0 Å². The number of hydrogen-bond donors (Lipinski definition) is 1. The third kappa shape index (κ3) is 1.71. The van der Waals surface area contributed by atoms with Crippen LogP contribution in [0.2, 0.25) is 0 Å². The molecule has 86 valence electrons. The number of nitrogens with one attached hydrogen (secondary N) is 1. The first kappa shape index (κ1) is 10.1. The topological polar surface area (TPSA) is 47.0 Å². The fraction of sp³-hybridized carbons (Fsp3) is 0.231. The summed E-state index contributed by atoms with van der Waals surface area (Å²) in [5, 5.41) is 3.11. The minimum Gasteiger partial charge on any atom is -0.485 e. The average Bonchev–Trinajstić information content (AvgIpc) is 2.39. The molecule has 4 nitrogen and oxygen atoms in total. The fourth-order valence-electron chi connectivity index (χ4n) is 1.95. The van der Waals surface area contributed by atoms with Gasteiger partial charge in [0.05, 0.1) is 6.20 Å². The van der Waals surface area contributed by atoms with Crippen molar-refractivity contribution in [2.45, 2.75) is 13.5 Å². The van der Waals surface area contributed by atoms with Crippen molar-refractivity contribution in [2.75, 3.05) is 11.9 Å². The van der Waals surface area contributed by atoms with Crippen LogP contribution in [-0.2, 0) is 6.61 Å². The van der Waals surface area contributed by atoms with Gasteiger partial charge in [-0.1, -0.05) is 24.3 Å². The molecule has 4 heteroatoms. The zero-order chi connectivity index (χ0) is 11.7. The monoisotopic (exact) mass is 227 g/mol. The van der Waals surface area contributed by atoms with Crippen molar-refractivity contribution >= 4 is 5.95 Å². The Balaban J connectivity index is 2.12. The molecule has 0 aliphatic carbocycles. The van der Waals surface area contributed by atoms with E-state index in [9.17, 15) is 0 Å². The maximum absolute atomic E-state index is 5.63. The number of rotatable bonds is 2. The molecule has 0 bridgehead atoms. The molecule has 17 heavy (non-hydrogen) atoms. The zero-order valence-electron chi connectivity index (χ0n) is 9.60. The van der Waals surface area contributed by atoms with Gasteiger partial charge in [-0.2, -0.15) is 0 Å². The van der Waals surface area contributed by atoms with Gasteiger partial charge in [-0.25, -0.2) is 9.97 Å². The molecule has 1 N–H and O–H groups in total. The Morgan fingerprint density at radius 3 is 3.12 bits per heavy atom. The Labute approximate surface area is 99.7 Å². The Morgan fingerprint density at radius 2 is 2.24 bits per heavy atom. The Kier molecular flexibility index (Phi) is 2.40. The van der Waals surface area contributed by atoms with E-state index < -0.39 is 0 Å². The summed E-state index contributed by atoms with van der Waals surface area (Å²) in [6, 6.07) is 8.16. The van der Waals surface area contributed by atoms with Crippen LogP contribution in [0.3, 0.4) is 0 Å². The first-order chi connectivity index (χ1) is 8.38. The first-order valence-electron chi connectivity index (χ1n) is 5.70. The van der Waals surface area contributed by atoms with Crippen LogP contribution in [0.25, 0.3) is 11.3 Å². The summed E-state index contributed by atoms with van der Waals surface area (Å²) < 4.78 is 5.63. The summed E-state index contributed by atoms with van der Waals surface area (Å²) in [6.07, 6.45) is 1.73. The van der Waals surface area contributed by atoms with E-state index in [1.807, 2.05) is 19.1 Å². The van der Waals surface area contributed by atoms with E-state index in [0.29, 0.717) is 12.6 Å². The van der Waals surface area contributed by atoms with Crippen molar-refractivity contribution < 1.29 is 4.74 Å². The van der Waals surface area contributed by atoms with E-state index in [-0.39, 0.29) is 0 Å². The third-order valence-corrected chi connectivity index (χ3v) is 2.75. The lowest BCUT2D eigenvalue weighted by atomic mass is 10.0. The van der Waals surface area contributed by atoms with Crippen molar-refractivity contribution in [2.24, 2.45) is 0 Å². The molecule has 3 rings (SSSR count). The maximum atomic E-state index is 5.63. The molecule has 1 aliphatic heterocycles. The molecule has 2 aromatic rings. The number of benzene rings is 1. The molecule has 0 radical (unpaired) electrons. The number of ether oxygens (including phenoxy) is 1. The predicted molar refractivity (Wildman–Crippen MR) is 66.0 cm³/mol.